The lowest BCUT2D eigenvalue weighted by Gasteiger charge is -2.31. The lowest BCUT2D eigenvalue weighted by molar-refractivity contribution is 0.200. The second-order valence-electron chi connectivity index (χ2n) is 5.71. The van der Waals surface area contributed by atoms with Crippen molar-refractivity contribution in [2.75, 3.05) is 33.2 Å². The lowest BCUT2D eigenvalue weighted by Crippen LogP contribution is -2.42. The molecule has 1 heterocycles. The maximum absolute atomic E-state index is 5.81. The van der Waals surface area contributed by atoms with Crippen molar-refractivity contribution in [3.63, 3.8) is 0 Å². The molecule has 0 aromatic rings. The Morgan fingerprint density at radius 2 is 2.12 bits per heavy atom. The van der Waals surface area contributed by atoms with Gasteiger partial charge in [-0.3, -0.25) is 0 Å². The largest absolute Gasteiger partial charge is 0.330 e. The van der Waals surface area contributed by atoms with Crippen molar-refractivity contribution >= 4 is 0 Å². The third-order valence-corrected chi connectivity index (χ3v) is 4.35. The normalized spacial score (nSPS) is 36.8. The van der Waals surface area contributed by atoms with Gasteiger partial charge in [0.2, 0.25) is 0 Å². The standard InChI is InChI=1S/C13H27N3/c1-16-7-3-4-11(10-16)9-15-13-6-2-5-12(13)8-14/h11-13,15H,2-10,14H2,1H3. The van der Waals surface area contributed by atoms with Gasteiger partial charge in [-0.2, -0.15) is 0 Å². The molecular formula is C13H27N3. The molecule has 0 aromatic carbocycles. The summed E-state index contributed by atoms with van der Waals surface area (Å²) in [6.45, 7) is 4.62. The Hall–Kier alpha value is -0.120. The monoisotopic (exact) mass is 225 g/mol. The van der Waals surface area contributed by atoms with Crippen molar-refractivity contribution in [1.82, 2.24) is 10.2 Å². The molecule has 3 atom stereocenters. The Balaban J connectivity index is 1.70. The Labute approximate surface area is 99.8 Å². The molecule has 3 nitrogen and oxygen atoms in total. The molecule has 0 radical (unpaired) electrons. The summed E-state index contributed by atoms with van der Waals surface area (Å²) >= 11 is 0. The van der Waals surface area contributed by atoms with Crippen molar-refractivity contribution in [2.24, 2.45) is 17.6 Å². The first-order chi connectivity index (χ1) is 7.79. The van der Waals surface area contributed by atoms with E-state index in [1.807, 2.05) is 0 Å². The summed E-state index contributed by atoms with van der Waals surface area (Å²) in [6.07, 6.45) is 6.80. The van der Waals surface area contributed by atoms with E-state index in [1.54, 1.807) is 0 Å². The van der Waals surface area contributed by atoms with E-state index in [-0.39, 0.29) is 0 Å². The predicted octanol–water partition coefficient (Wildman–Crippen LogP) is 1.05. The van der Waals surface area contributed by atoms with Crippen molar-refractivity contribution in [1.29, 1.82) is 0 Å². The Bertz CT molecular complexity index is 207. The van der Waals surface area contributed by atoms with Crippen LogP contribution in [-0.2, 0) is 0 Å². The van der Waals surface area contributed by atoms with Crippen LogP contribution in [0.3, 0.4) is 0 Å². The van der Waals surface area contributed by atoms with Crippen LogP contribution in [0.1, 0.15) is 32.1 Å². The molecule has 2 aliphatic rings. The quantitative estimate of drug-likeness (QED) is 0.751. The highest BCUT2D eigenvalue weighted by atomic mass is 15.1. The van der Waals surface area contributed by atoms with Crippen molar-refractivity contribution < 1.29 is 0 Å². The van der Waals surface area contributed by atoms with Crippen LogP contribution >= 0.6 is 0 Å². The Morgan fingerprint density at radius 3 is 2.88 bits per heavy atom. The van der Waals surface area contributed by atoms with Crippen molar-refractivity contribution in [2.45, 2.75) is 38.1 Å². The molecule has 2 fully saturated rings. The molecule has 94 valence electrons. The van der Waals surface area contributed by atoms with Gasteiger partial charge in [0, 0.05) is 12.6 Å². The summed E-state index contributed by atoms with van der Waals surface area (Å²) in [7, 11) is 2.24. The van der Waals surface area contributed by atoms with Crippen LogP contribution in [0.4, 0.5) is 0 Å². The van der Waals surface area contributed by atoms with Gasteiger partial charge in [0.1, 0.15) is 0 Å². The highest BCUT2D eigenvalue weighted by Crippen LogP contribution is 2.25. The number of rotatable bonds is 4. The molecular weight excluding hydrogens is 198 g/mol. The Morgan fingerprint density at radius 1 is 1.25 bits per heavy atom. The van der Waals surface area contributed by atoms with Gasteiger partial charge in [-0.1, -0.05) is 6.42 Å². The average Bonchev–Trinajstić information content (AvgIpc) is 2.74. The molecule has 0 bridgehead atoms. The van der Waals surface area contributed by atoms with Crippen molar-refractivity contribution in [3.8, 4) is 0 Å². The van der Waals surface area contributed by atoms with Gasteiger partial charge in [-0.05, 0) is 64.2 Å². The highest BCUT2D eigenvalue weighted by molar-refractivity contribution is 4.85. The lowest BCUT2D eigenvalue weighted by atomic mass is 9.97. The first-order valence-corrected chi connectivity index (χ1v) is 6.91. The average molecular weight is 225 g/mol. The minimum absolute atomic E-state index is 0.706. The fraction of sp³-hybridized carbons (Fsp3) is 1.00. The van der Waals surface area contributed by atoms with Gasteiger partial charge >= 0.3 is 0 Å². The van der Waals surface area contributed by atoms with E-state index >= 15 is 0 Å². The smallest absolute Gasteiger partial charge is 0.0107 e. The fourth-order valence-corrected chi connectivity index (χ4v) is 3.35. The van der Waals surface area contributed by atoms with Gasteiger partial charge in [0.25, 0.3) is 0 Å². The summed E-state index contributed by atoms with van der Waals surface area (Å²) < 4.78 is 0. The van der Waals surface area contributed by atoms with E-state index in [9.17, 15) is 0 Å². The number of hydrogen-bond donors (Lipinski definition) is 2. The van der Waals surface area contributed by atoms with E-state index < -0.39 is 0 Å². The van der Waals surface area contributed by atoms with Crippen LogP contribution < -0.4 is 11.1 Å². The van der Waals surface area contributed by atoms with E-state index in [4.69, 9.17) is 5.73 Å². The minimum Gasteiger partial charge on any atom is -0.330 e. The zero-order chi connectivity index (χ0) is 11.4. The molecule has 0 spiro atoms. The third kappa shape index (κ3) is 3.19. The molecule has 3 heteroatoms. The zero-order valence-corrected chi connectivity index (χ0v) is 10.6. The topological polar surface area (TPSA) is 41.3 Å². The zero-order valence-electron chi connectivity index (χ0n) is 10.6. The van der Waals surface area contributed by atoms with Gasteiger partial charge in [-0.25, -0.2) is 0 Å². The molecule has 1 saturated heterocycles. The van der Waals surface area contributed by atoms with Gasteiger partial charge < -0.3 is 16.0 Å². The summed E-state index contributed by atoms with van der Waals surface area (Å²) in [5.74, 6) is 1.60. The van der Waals surface area contributed by atoms with E-state index in [0.717, 1.165) is 18.4 Å². The number of nitrogens with one attached hydrogen (secondary N) is 1. The molecule has 0 aromatic heterocycles. The molecule has 0 amide bonds. The maximum atomic E-state index is 5.81. The predicted molar refractivity (Wildman–Crippen MR) is 68.4 cm³/mol. The maximum Gasteiger partial charge on any atom is 0.0107 e. The Kier molecular flexibility index (Phi) is 4.62. The van der Waals surface area contributed by atoms with Crippen LogP contribution in [0, 0.1) is 11.8 Å². The molecule has 3 N–H and O–H groups in total. The fourth-order valence-electron chi connectivity index (χ4n) is 3.35. The van der Waals surface area contributed by atoms with Crippen molar-refractivity contribution in [3.05, 3.63) is 0 Å². The highest BCUT2D eigenvalue weighted by Gasteiger charge is 2.26. The van der Waals surface area contributed by atoms with Crippen LogP contribution in [0.2, 0.25) is 0 Å². The third-order valence-electron chi connectivity index (χ3n) is 4.35. The second kappa shape index (κ2) is 5.99. The number of nitrogens with zero attached hydrogens (tertiary/aromatic N) is 1. The van der Waals surface area contributed by atoms with Crippen LogP contribution in [0.25, 0.3) is 0 Å². The van der Waals surface area contributed by atoms with E-state index in [0.29, 0.717) is 6.04 Å². The van der Waals surface area contributed by atoms with E-state index in [2.05, 4.69) is 17.3 Å². The SMILES string of the molecule is CN1CCCC(CNC2CCCC2CN)C1. The molecule has 1 saturated carbocycles. The number of likely N-dealkylation sites (tertiary alicyclic amines) is 1. The molecule has 1 aliphatic heterocycles. The van der Waals surface area contributed by atoms with Crippen LogP contribution in [-0.4, -0.2) is 44.2 Å². The van der Waals surface area contributed by atoms with Gasteiger partial charge in [0.15, 0.2) is 0 Å². The summed E-state index contributed by atoms with van der Waals surface area (Å²) in [4.78, 5) is 2.46. The molecule has 3 unspecified atom stereocenters. The first kappa shape index (κ1) is 12.3. The second-order valence-corrected chi connectivity index (χ2v) is 5.71. The van der Waals surface area contributed by atoms with E-state index in [1.165, 1.54) is 51.7 Å². The molecule has 16 heavy (non-hydrogen) atoms. The summed E-state index contributed by atoms with van der Waals surface area (Å²) in [6, 6.07) is 0.706. The molecule has 2 rings (SSSR count). The van der Waals surface area contributed by atoms with Crippen LogP contribution in [0.15, 0.2) is 0 Å². The molecule has 1 aliphatic carbocycles. The summed E-state index contributed by atoms with van der Waals surface area (Å²) in [5, 5.41) is 3.77. The minimum atomic E-state index is 0.706. The van der Waals surface area contributed by atoms with Gasteiger partial charge in [0.05, 0.1) is 0 Å². The summed E-state index contributed by atoms with van der Waals surface area (Å²) in [5.41, 5.74) is 5.81. The number of nitrogens with two attached hydrogens (primary N) is 1. The van der Waals surface area contributed by atoms with Crippen LogP contribution in [0.5, 0.6) is 0 Å². The number of piperidine rings is 1. The number of hydrogen-bond acceptors (Lipinski definition) is 3. The van der Waals surface area contributed by atoms with Gasteiger partial charge in [-0.15, -0.1) is 0 Å². The first-order valence-electron chi connectivity index (χ1n) is 6.91.